The summed E-state index contributed by atoms with van der Waals surface area (Å²) in [6, 6.07) is 7.23. The summed E-state index contributed by atoms with van der Waals surface area (Å²) in [5.74, 6) is -0.632. The molecule has 7 heteroatoms. The molecule has 0 saturated carbocycles. The van der Waals surface area contributed by atoms with Crippen molar-refractivity contribution in [3.63, 3.8) is 0 Å². The normalized spacial score (nSPS) is 10.9. The lowest BCUT2D eigenvalue weighted by atomic mass is 10.1. The number of carbonyl (C=O) groups is 1. The van der Waals surface area contributed by atoms with Gasteiger partial charge in [-0.3, -0.25) is 4.79 Å². The number of aromatic amines is 1. The van der Waals surface area contributed by atoms with Crippen molar-refractivity contribution in [1.29, 1.82) is 0 Å². The third-order valence-corrected chi connectivity index (χ3v) is 4.13. The molecule has 1 aromatic carbocycles. The maximum absolute atomic E-state index is 12.1. The Morgan fingerprint density at radius 3 is 2.71 bits per heavy atom. The summed E-state index contributed by atoms with van der Waals surface area (Å²) in [6.45, 7) is 0. The number of fused-ring (bicyclic) bond motifs is 1. The van der Waals surface area contributed by atoms with E-state index in [2.05, 4.69) is 9.97 Å². The van der Waals surface area contributed by atoms with Crippen LogP contribution in [0.25, 0.3) is 10.2 Å². The van der Waals surface area contributed by atoms with E-state index in [-0.39, 0.29) is 10.9 Å². The van der Waals surface area contributed by atoms with Crippen LogP contribution in [0, 0.1) is 0 Å². The average Bonchev–Trinajstić information content (AvgIpc) is 2.86. The highest BCUT2D eigenvalue weighted by molar-refractivity contribution is 7.17. The molecule has 106 valence electrons. The predicted octanol–water partition coefficient (Wildman–Crippen LogP) is 2.93. The molecule has 0 fully saturated rings. The van der Waals surface area contributed by atoms with E-state index in [9.17, 15) is 9.59 Å². The number of halogens is 1. The first-order chi connectivity index (χ1) is 10.0. The van der Waals surface area contributed by atoms with Gasteiger partial charge in [-0.1, -0.05) is 23.7 Å². The highest BCUT2D eigenvalue weighted by atomic mass is 35.5. The van der Waals surface area contributed by atoms with Crippen molar-refractivity contribution < 1.29 is 9.90 Å². The summed E-state index contributed by atoms with van der Waals surface area (Å²) in [5, 5.41) is 11.2. The molecular weight excluding hydrogens is 312 g/mol. The SMILES string of the molecule is O=C(O)c1csc2nc(Cc3ccc(Cl)cc3)[nH]c(=O)c12. The van der Waals surface area contributed by atoms with Gasteiger partial charge >= 0.3 is 5.97 Å². The molecule has 0 unspecified atom stereocenters. The van der Waals surface area contributed by atoms with Crippen LogP contribution in [0.2, 0.25) is 5.02 Å². The summed E-state index contributed by atoms with van der Waals surface area (Å²) < 4.78 is 0. The van der Waals surface area contributed by atoms with Gasteiger partial charge in [0, 0.05) is 16.8 Å². The van der Waals surface area contributed by atoms with Crippen LogP contribution < -0.4 is 5.56 Å². The highest BCUT2D eigenvalue weighted by Gasteiger charge is 2.16. The van der Waals surface area contributed by atoms with Crippen molar-refractivity contribution in [2.45, 2.75) is 6.42 Å². The monoisotopic (exact) mass is 320 g/mol. The molecule has 0 bridgehead atoms. The molecule has 0 amide bonds. The topological polar surface area (TPSA) is 83.0 Å². The highest BCUT2D eigenvalue weighted by Crippen LogP contribution is 2.21. The largest absolute Gasteiger partial charge is 0.478 e. The first-order valence-electron chi connectivity index (χ1n) is 6.03. The summed E-state index contributed by atoms with van der Waals surface area (Å²) in [6.07, 6.45) is 0.447. The summed E-state index contributed by atoms with van der Waals surface area (Å²) >= 11 is 6.97. The van der Waals surface area contributed by atoms with Gasteiger partial charge in [0.25, 0.3) is 5.56 Å². The number of hydrogen-bond acceptors (Lipinski definition) is 4. The molecule has 0 atom stereocenters. The molecule has 0 saturated heterocycles. The Balaban J connectivity index is 2.03. The Morgan fingerprint density at radius 2 is 2.05 bits per heavy atom. The first-order valence-corrected chi connectivity index (χ1v) is 7.28. The van der Waals surface area contributed by atoms with Crippen LogP contribution in [0.1, 0.15) is 21.7 Å². The zero-order chi connectivity index (χ0) is 15.0. The van der Waals surface area contributed by atoms with E-state index in [0.717, 1.165) is 16.9 Å². The number of aromatic carboxylic acids is 1. The fourth-order valence-electron chi connectivity index (χ4n) is 2.03. The minimum Gasteiger partial charge on any atom is -0.478 e. The summed E-state index contributed by atoms with van der Waals surface area (Å²) in [4.78, 5) is 30.5. The van der Waals surface area contributed by atoms with Gasteiger partial charge in [-0.2, -0.15) is 0 Å². The van der Waals surface area contributed by atoms with E-state index >= 15 is 0 Å². The van der Waals surface area contributed by atoms with Crippen molar-refractivity contribution >= 4 is 39.1 Å². The second-order valence-corrected chi connectivity index (χ2v) is 5.75. The second-order valence-electron chi connectivity index (χ2n) is 4.45. The number of H-pyrrole nitrogens is 1. The number of nitrogens with zero attached hydrogens (tertiary/aromatic N) is 1. The van der Waals surface area contributed by atoms with Gasteiger partial charge in [0.1, 0.15) is 10.7 Å². The van der Waals surface area contributed by atoms with Crippen molar-refractivity contribution in [1.82, 2.24) is 9.97 Å². The fourth-order valence-corrected chi connectivity index (χ4v) is 3.09. The van der Waals surface area contributed by atoms with Gasteiger partial charge in [-0.25, -0.2) is 9.78 Å². The number of rotatable bonds is 3. The zero-order valence-corrected chi connectivity index (χ0v) is 12.2. The molecule has 2 aromatic heterocycles. The molecule has 21 heavy (non-hydrogen) atoms. The number of benzene rings is 1. The molecule has 2 N–H and O–H groups in total. The Kier molecular flexibility index (Phi) is 3.48. The van der Waals surface area contributed by atoms with Crippen LogP contribution in [0.4, 0.5) is 0 Å². The molecule has 3 aromatic rings. The maximum atomic E-state index is 12.1. The van der Waals surface area contributed by atoms with Gasteiger partial charge in [-0.15, -0.1) is 11.3 Å². The van der Waals surface area contributed by atoms with Crippen LogP contribution >= 0.6 is 22.9 Å². The minimum atomic E-state index is -1.13. The molecule has 0 aliphatic heterocycles. The second kappa shape index (κ2) is 5.31. The Hall–Kier alpha value is -2.18. The number of nitrogens with one attached hydrogen (secondary N) is 1. The van der Waals surface area contributed by atoms with Gasteiger partial charge in [0.2, 0.25) is 0 Å². The Labute approximate surface area is 127 Å². The van der Waals surface area contributed by atoms with E-state index < -0.39 is 11.5 Å². The van der Waals surface area contributed by atoms with E-state index in [1.807, 2.05) is 12.1 Å². The Morgan fingerprint density at radius 1 is 1.33 bits per heavy atom. The number of aromatic nitrogens is 2. The molecular formula is C14H9ClN2O3S. The van der Waals surface area contributed by atoms with Crippen molar-refractivity contribution in [3.05, 3.63) is 62.0 Å². The average molecular weight is 321 g/mol. The number of hydrogen-bond donors (Lipinski definition) is 2. The van der Waals surface area contributed by atoms with Crippen molar-refractivity contribution in [2.75, 3.05) is 0 Å². The van der Waals surface area contributed by atoms with Crippen LogP contribution in [0.3, 0.4) is 0 Å². The van der Waals surface area contributed by atoms with Gasteiger partial charge in [-0.05, 0) is 17.7 Å². The lowest BCUT2D eigenvalue weighted by molar-refractivity contribution is 0.0699. The molecule has 3 rings (SSSR count). The van der Waals surface area contributed by atoms with Crippen LogP contribution in [0.15, 0.2) is 34.4 Å². The van der Waals surface area contributed by atoms with Crippen LogP contribution in [0.5, 0.6) is 0 Å². The summed E-state index contributed by atoms with van der Waals surface area (Å²) in [5.41, 5.74) is 0.515. The lowest BCUT2D eigenvalue weighted by Gasteiger charge is -2.02. The first kappa shape index (κ1) is 13.8. The molecule has 0 aliphatic carbocycles. The van der Waals surface area contributed by atoms with E-state index in [1.54, 1.807) is 12.1 Å². The maximum Gasteiger partial charge on any atom is 0.337 e. The quantitative estimate of drug-likeness (QED) is 0.777. The Bertz CT molecular complexity index is 883. The predicted molar refractivity (Wildman–Crippen MR) is 81.5 cm³/mol. The van der Waals surface area contributed by atoms with Gasteiger partial charge in [0.15, 0.2) is 0 Å². The van der Waals surface area contributed by atoms with Crippen molar-refractivity contribution in [2.24, 2.45) is 0 Å². The van der Waals surface area contributed by atoms with Crippen LogP contribution in [-0.4, -0.2) is 21.0 Å². The van der Waals surface area contributed by atoms with E-state index in [0.29, 0.717) is 22.1 Å². The molecule has 0 spiro atoms. The van der Waals surface area contributed by atoms with Gasteiger partial charge < -0.3 is 10.1 Å². The van der Waals surface area contributed by atoms with Crippen molar-refractivity contribution in [3.8, 4) is 0 Å². The van der Waals surface area contributed by atoms with Gasteiger partial charge in [0.05, 0.1) is 10.9 Å². The molecule has 0 aliphatic rings. The van der Waals surface area contributed by atoms with E-state index in [4.69, 9.17) is 16.7 Å². The number of carboxylic acid groups (broad SMARTS) is 1. The number of thiophene rings is 1. The third-order valence-electron chi connectivity index (χ3n) is 3.01. The zero-order valence-electron chi connectivity index (χ0n) is 10.6. The molecule has 2 heterocycles. The standard InChI is InChI=1S/C14H9ClN2O3S/c15-8-3-1-7(2-4-8)5-10-16-12(18)11-9(14(19)20)6-21-13(11)17-10/h1-4,6H,5H2,(H,19,20)(H,16,17,18). The number of carboxylic acids is 1. The van der Waals surface area contributed by atoms with Crippen LogP contribution in [-0.2, 0) is 6.42 Å². The smallest absolute Gasteiger partial charge is 0.337 e. The fraction of sp³-hybridized carbons (Fsp3) is 0.0714. The molecule has 5 nitrogen and oxygen atoms in total. The minimum absolute atomic E-state index is 0.0122. The third kappa shape index (κ3) is 2.68. The van der Waals surface area contributed by atoms with E-state index in [1.165, 1.54) is 5.38 Å². The molecule has 0 radical (unpaired) electrons. The summed E-state index contributed by atoms with van der Waals surface area (Å²) in [7, 11) is 0. The lowest BCUT2D eigenvalue weighted by Crippen LogP contribution is -2.13.